The van der Waals surface area contributed by atoms with E-state index in [2.05, 4.69) is 160 Å². The monoisotopic (exact) mass is 576 g/mol. The van der Waals surface area contributed by atoms with Gasteiger partial charge >= 0.3 is 0 Å². The van der Waals surface area contributed by atoms with Gasteiger partial charge in [0, 0.05) is 5.41 Å². The van der Waals surface area contributed by atoms with E-state index in [9.17, 15) is 0 Å². The molecule has 3 aliphatic rings. The molecule has 0 aromatic heterocycles. The van der Waals surface area contributed by atoms with Crippen LogP contribution in [-0.4, -0.2) is 0 Å². The molecule has 45 heavy (non-hydrogen) atoms. The van der Waals surface area contributed by atoms with E-state index in [1.165, 1.54) is 83.1 Å². The highest BCUT2D eigenvalue weighted by molar-refractivity contribution is 6.09. The zero-order valence-corrected chi connectivity index (χ0v) is 26.2. The average Bonchev–Trinajstić information content (AvgIpc) is 3.50. The van der Waals surface area contributed by atoms with Crippen LogP contribution >= 0.6 is 0 Å². The molecular weight excluding hydrogens is 540 g/mol. The van der Waals surface area contributed by atoms with E-state index < -0.39 is 0 Å². The highest BCUT2D eigenvalue weighted by Gasteiger charge is 2.47. The fraction of sp³-hybridized carbons (Fsp3) is 0.156. The minimum absolute atomic E-state index is 0.0739. The van der Waals surface area contributed by atoms with Gasteiger partial charge in [-0.3, -0.25) is 0 Å². The Hall–Kier alpha value is -4.94. The van der Waals surface area contributed by atoms with E-state index in [0.717, 1.165) is 12.8 Å². The van der Waals surface area contributed by atoms with Crippen molar-refractivity contribution < 1.29 is 0 Å². The number of aryl methyl sites for hydroxylation is 1. The molecule has 0 radical (unpaired) electrons. The normalized spacial score (nSPS) is 16.8. The zero-order chi connectivity index (χ0) is 30.3. The van der Waals surface area contributed by atoms with Gasteiger partial charge in [-0.05, 0) is 109 Å². The van der Waals surface area contributed by atoms with Gasteiger partial charge in [-0.25, -0.2) is 0 Å². The van der Waals surface area contributed by atoms with Crippen molar-refractivity contribution >= 4 is 16.3 Å². The van der Waals surface area contributed by atoms with Crippen LogP contribution in [0.3, 0.4) is 0 Å². The largest absolute Gasteiger partial charge is 0.0836 e. The Balaban J connectivity index is 1.35. The van der Waals surface area contributed by atoms with Crippen LogP contribution in [0, 0.1) is 6.92 Å². The van der Waals surface area contributed by atoms with Crippen LogP contribution in [0.25, 0.3) is 38.6 Å². The first-order valence-electron chi connectivity index (χ1n) is 16.3. The first kappa shape index (κ1) is 26.5. The maximum atomic E-state index is 2.54. The second-order valence-electron chi connectivity index (χ2n) is 13.6. The van der Waals surface area contributed by atoms with Gasteiger partial charge in [0.15, 0.2) is 0 Å². The minimum atomic E-state index is -0.326. The quantitative estimate of drug-likeness (QED) is 0.197. The van der Waals surface area contributed by atoms with Crippen molar-refractivity contribution in [1.82, 2.24) is 0 Å². The lowest BCUT2D eigenvalue weighted by molar-refractivity contribution is 0.660. The Morgan fingerprint density at radius 3 is 1.96 bits per heavy atom. The summed E-state index contributed by atoms with van der Waals surface area (Å²) in [5.74, 6) is 0. The van der Waals surface area contributed by atoms with Crippen LogP contribution in [0.2, 0.25) is 0 Å². The van der Waals surface area contributed by atoms with Crippen LogP contribution in [0.4, 0.5) is 0 Å². The van der Waals surface area contributed by atoms with Gasteiger partial charge in [-0.1, -0.05) is 147 Å². The van der Waals surface area contributed by atoms with E-state index in [-0.39, 0.29) is 10.8 Å². The molecule has 3 aliphatic carbocycles. The maximum absolute atomic E-state index is 2.54. The van der Waals surface area contributed by atoms with Crippen molar-refractivity contribution in [1.29, 1.82) is 0 Å². The third-order valence-electron chi connectivity index (χ3n) is 10.9. The van der Waals surface area contributed by atoms with Crippen molar-refractivity contribution in [3.63, 3.8) is 0 Å². The third kappa shape index (κ3) is 3.54. The fourth-order valence-electron chi connectivity index (χ4n) is 8.86. The molecule has 216 valence electrons. The van der Waals surface area contributed by atoms with Gasteiger partial charge in [-0.15, -0.1) is 0 Å². The van der Waals surface area contributed by atoms with Gasteiger partial charge in [-0.2, -0.15) is 0 Å². The summed E-state index contributed by atoms with van der Waals surface area (Å²) in [4.78, 5) is 0. The first-order valence-corrected chi connectivity index (χ1v) is 16.3. The smallest absolute Gasteiger partial charge is 0.0676 e. The van der Waals surface area contributed by atoms with Crippen LogP contribution in [0.15, 0.2) is 145 Å². The zero-order valence-electron chi connectivity index (χ0n) is 26.2. The van der Waals surface area contributed by atoms with Gasteiger partial charge in [0.1, 0.15) is 0 Å². The Labute approximate surface area is 266 Å². The van der Waals surface area contributed by atoms with E-state index in [0.29, 0.717) is 0 Å². The van der Waals surface area contributed by atoms with Crippen LogP contribution < -0.4 is 0 Å². The number of fused-ring (bicyclic) bond motifs is 7. The van der Waals surface area contributed by atoms with Crippen LogP contribution in [0.5, 0.6) is 0 Å². The summed E-state index contributed by atoms with van der Waals surface area (Å²) in [7, 11) is 0. The molecule has 0 amide bonds. The van der Waals surface area contributed by atoms with Crippen molar-refractivity contribution in [3.05, 3.63) is 184 Å². The van der Waals surface area contributed by atoms with Crippen molar-refractivity contribution in [2.45, 2.75) is 44.4 Å². The number of benzene rings is 6. The van der Waals surface area contributed by atoms with E-state index in [4.69, 9.17) is 0 Å². The second-order valence-corrected chi connectivity index (χ2v) is 13.6. The predicted octanol–water partition coefficient (Wildman–Crippen LogP) is 11.6. The first-order chi connectivity index (χ1) is 22.0. The predicted molar refractivity (Wildman–Crippen MR) is 190 cm³/mol. The molecule has 6 aromatic rings. The molecule has 0 saturated carbocycles. The molecule has 0 atom stereocenters. The molecule has 0 fully saturated rings. The standard InChI is InChI=1S/C45H36/c1-29-22-24-37-40(26-29)44(2,3)42-28-38(33-18-10-11-20-36(33)43(37)42)30-23-25-35-34-19-12-13-21-39(34)45(41(35)27-30,31-14-6-4-7-15-31)32-16-8-5-9-17-32/h4-12,14-20,22-28H,13,21H2,1-3H3. The molecule has 0 heteroatoms. The molecule has 6 aromatic carbocycles. The SMILES string of the molecule is Cc1ccc2c(c1)C(C)(C)c1cc(-c3ccc4c(c3)C(c3ccccc3)(c3ccccc3)C3=C4C=CCC3)c3ccccc3c1-2. The number of allylic oxidation sites excluding steroid dienone is 4. The molecular formula is C45H36. The third-order valence-corrected chi connectivity index (χ3v) is 10.9. The average molecular weight is 577 g/mol. The molecule has 0 saturated heterocycles. The molecule has 0 bridgehead atoms. The van der Waals surface area contributed by atoms with Gasteiger partial charge in [0.2, 0.25) is 0 Å². The van der Waals surface area contributed by atoms with Gasteiger partial charge in [0.25, 0.3) is 0 Å². The summed E-state index contributed by atoms with van der Waals surface area (Å²) < 4.78 is 0. The molecule has 0 nitrogen and oxygen atoms in total. The Morgan fingerprint density at radius 2 is 1.22 bits per heavy atom. The number of hydrogen-bond acceptors (Lipinski definition) is 0. The van der Waals surface area contributed by atoms with E-state index in [1.807, 2.05) is 0 Å². The van der Waals surface area contributed by atoms with Crippen molar-refractivity contribution in [2.24, 2.45) is 0 Å². The fourth-order valence-corrected chi connectivity index (χ4v) is 8.86. The molecule has 0 unspecified atom stereocenters. The number of rotatable bonds is 3. The minimum Gasteiger partial charge on any atom is -0.0836 e. The van der Waals surface area contributed by atoms with E-state index in [1.54, 1.807) is 0 Å². The lowest BCUT2D eigenvalue weighted by Gasteiger charge is -2.36. The second kappa shape index (κ2) is 9.53. The molecule has 0 heterocycles. The molecule has 0 N–H and O–H groups in total. The lowest BCUT2D eigenvalue weighted by Crippen LogP contribution is -2.30. The lowest BCUT2D eigenvalue weighted by atomic mass is 9.65. The van der Waals surface area contributed by atoms with E-state index >= 15 is 0 Å². The summed E-state index contributed by atoms with van der Waals surface area (Å²) >= 11 is 0. The topological polar surface area (TPSA) is 0 Å². The van der Waals surface area contributed by atoms with Crippen molar-refractivity contribution in [3.8, 4) is 22.3 Å². The molecule has 9 rings (SSSR count). The Kier molecular flexibility index (Phi) is 5.60. The summed E-state index contributed by atoms with van der Waals surface area (Å²) in [6, 6.07) is 48.4. The Bertz CT molecular complexity index is 2180. The summed E-state index contributed by atoms with van der Waals surface area (Å²) in [6.07, 6.45) is 6.88. The maximum Gasteiger partial charge on any atom is 0.0676 e. The number of hydrogen-bond donors (Lipinski definition) is 0. The summed E-state index contributed by atoms with van der Waals surface area (Å²) in [5, 5.41) is 2.67. The Morgan fingerprint density at radius 1 is 0.556 bits per heavy atom. The van der Waals surface area contributed by atoms with Crippen molar-refractivity contribution in [2.75, 3.05) is 0 Å². The highest BCUT2D eigenvalue weighted by Crippen LogP contribution is 2.58. The van der Waals surface area contributed by atoms with Gasteiger partial charge in [0.05, 0.1) is 5.41 Å². The molecule has 0 spiro atoms. The van der Waals surface area contributed by atoms with Gasteiger partial charge < -0.3 is 0 Å². The van der Waals surface area contributed by atoms with Crippen LogP contribution in [0.1, 0.15) is 65.6 Å². The van der Waals surface area contributed by atoms with Crippen LogP contribution in [-0.2, 0) is 10.8 Å². The summed E-state index contributed by atoms with van der Waals surface area (Å²) in [5.41, 5.74) is 17.6. The summed E-state index contributed by atoms with van der Waals surface area (Å²) in [6.45, 7) is 7.01. The highest BCUT2D eigenvalue weighted by atomic mass is 14.5. The molecule has 0 aliphatic heterocycles.